The Balaban J connectivity index is 2.10. The summed E-state index contributed by atoms with van der Waals surface area (Å²) in [7, 11) is 0. The number of alkyl halides is 3. The molecule has 1 saturated heterocycles. The maximum Gasteiger partial charge on any atom is 0.416 e. The van der Waals surface area contributed by atoms with Gasteiger partial charge in [0.05, 0.1) is 21.5 Å². The maximum absolute atomic E-state index is 13.0. The third-order valence-corrected chi connectivity index (χ3v) is 4.55. The molecule has 8 nitrogen and oxygen atoms in total. The summed E-state index contributed by atoms with van der Waals surface area (Å²) in [5.41, 5.74) is -3.62. The van der Waals surface area contributed by atoms with Crippen molar-refractivity contribution in [2.45, 2.75) is 25.1 Å². The van der Waals surface area contributed by atoms with Crippen molar-refractivity contribution in [1.29, 1.82) is 0 Å². The van der Waals surface area contributed by atoms with Crippen LogP contribution in [0.15, 0.2) is 36.7 Å². The second kappa shape index (κ2) is 6.89. The zero-order valence-corrected chi connectivity index (χ0v) is 13.9. The zero-order chi connectivity index (χ0) is 19.8. The molecule has 0 bridgehead atoms. The van der Waals surface area contributed by atoms with Crippen LogP contribution in [0.2, 0.25) is 0 Å². The van der Waals surface area contributed by atoms with Crippen LogP contribution in [0.5, 0.6) is 0 Å². The summed E-state index contributed by atoms with van der Waals surface area (Å²) in [6.45, 7) is 0.506. The van der Waals surface area contributed by atoms with E-state index in [0.29, 0.717) is 18.6 Å². The van der Waals surface area contributed by atoms with E-state index in [-0.39, 0.29) is 24.8 Å². The van der Waals surface area contributed by atoms with E-state index in [1.165, 1.54) is 4.90 Å². The van der Waals surface area contributed by atoms with Gasteiger partial charge < -0.3 is 9.47 Å². The molecule has 0 spiro atoms. The molecule has 2 heterocycles. The molecule has 3 rings (SSSR count). The first-order valence-corrected chi connectivity index (χ1v) is 8.10. The lowest BCUT2D eigenvalue weighted by molar-refractivity contribution is -0.393. The van der Waals surface area contributed by atoms with Gasteiger partial charge >= 0.3 is 6.18 Å². The number of anilines is 1. The van der Waals surface area contributed by atoms with E-state index in [0.717, 1.165) is 6.42 Å². The summed E-state index contributed by atoms with van der Waals surface area (Å²) in [5.74, 6) is 0. The summed E-state index contributed by atoms with van der Waals surface area (Å²) in [4.78, 5) is 22.3. The van der Waals surface area contributed by atoms with Crippen LogP contribution in [0, 0.1) is 20.2 Å². The van der Waals surface area contributed by atoms with Gasteiger partial charge in [0.15, 0.2) is 5.69 Å². The van der Waals surface area contributed by atoms with Crippen molar-refractivity contribution in [2.24, 2.45) is 0 Å². The van der Waals surface area contributed by atoms with Gasteiger partial charge in [-0.15, -0.1) is 0 Å². The number of piperidine rings is 1. The first-order chi connectivity index (χ1) is 12.7. The molecule has 0 saturated carbocycles. The van der Waals surface area contributed by atoms with Gasteiger partial charge in [-0.3, -0.25) is 20.2 Å². The van der Waals surface area contributed by atoms with E-state index < -0.39 is 33.0 Å². The summed E-state index contributed by atoms with van der Waals surface area (Å²) in [6, 6.07) is 4.25. The van der Waals surface area contributed by atoms with Gasteiger partial charge in [-0.2, -0.15) is 13.2 Å². The molecule has 1 aromatic heterocycles. The summed E-state index contributed by atoms with van der Waals surface area (Å²) in [5, 5.41) is 22.8. The lowest BCUT2D eigenvalue weighted by Crippen LogP contribution is -2.37. The van der Waals surface area contributed by atoms with Crippen molar-refractivity contribution in [3.63, 3.8) is 0 Å². The highest BCUT2D eigenvalue weighted by Crippen LogP contribution is 2.44. The highest BCUT2D eigenvalue weighted by Gasteiger charge is 2.40. The third kappa shape index (κ3) is 3.71. The van der Waals surface area contributed by atoms with Gasteiger partial charge in [0, 0.05) is 37.6 Å². The van der Waals surface area contributed by atoms with Crippen LogP contribution in [0.1, 0.15) is 24.4 Å². The standard InChI is InChI=1S/C16H15F3N4O4/c17-16(18,19)11-8-13(22(24)25)15(14(9-11)23(26)27)21-7-3-4-12(10-21)20-5-1-2-6-20/h1-2,5-6,8-9,12H,3-4,7,10H2/t12-/m1/s1. The fourth-order valence-corrected chi connectivity index (χ4v) is 3.36. The summed E-state index contributed by atoms with van der Waals surface area (Å²) < 4.78 is 41.0. The molecule has 144 valence electrons. The number of nitro benzene ring substituents is 2. The molecule has 1 aliphatic rings. The molecule has 11 heteroatoms. The Kier molecular flexibility index (Phi) is 4.77. The van der Waals surface area contributed by atoms with Crippen molar-refractivity contribution in [3.8, 4) is 0 Å². The number of aromatic nitrogens is 1. The molecular weight excluding hydrogens is 369 g/mol. The Morgan fingerprint density at radius 1 is 1.04 bits per heavy atom. The quantitative estimate of drug-likeness (QED) is 0.583. The lowest BCUT2D eigenvalue weighted by atomic mass is 10.0. The summed E-state index contributed by atoms with van der Waals surface area (Å²) in [6.07, 6.45) is 0.0443. The Bertz CT molecular complexity index is 832. The topological polar surface area (TPSA) is 94.4 Å². The van der Waals surface area contributed by atoms with E-state index in [1.54, 1.807) is 0 Å². The van der Waals surface area contributed by atoms with Crippen LogP contribution in [-0.2, 0) is 6.18 Å². The SMILES string of the molecule is O=[N+]([O-])c1cc(C(F)(F)F)cc([N+](=O)[O-])c1N1CCC[C@@H](n2cccc2)C1. The number of benzene rings is 1. The van der Waals surface area contributed by atoms with Gasteiger partial charge in [0.2, 0.25) is 0 Å². The molecule has 27 heavy (non-hydrogen) atoms. The molecule has 2 aromatic rings. The maximum atomic E-state index is 13.0. The average Bonchev–Trinajstić information content (AvgIpc) is 3.14. The minimum atomic E-state index is -4.93. The molecule has 1 aromatic carbocycles. The van der Waals surface area contributed by atoms with Crippen LogP contribution in [0.4, 0.5) is 30.2 Å². The molecule has 0 unspecified atom stereocenters. The number of hydrogen-bond donors (Lipinski definition) is 0. The molecule has 1 aliphatic heterocycles. The number of nitro groups is 2. The van der Waals surface area contributed by atoms with Crippen LogP contribution < -0.4 is 4.90 Å². The van der Waals surface area contributed by atoms with Gasteiger partial charge in [-0.25, -0.2) is 0 Å². The van der Waals surface area contributed by atoms with E-state index in [9.17, 15) is 33.4 Å². The largest absolute Gasteiger partial charge is 0.416 e. The predicted molar refractivity (Wildman–Crippen MR) is 89.7 cm³/mol. The number of halogens is 3. The fourth-order valence-electron chi connectivity index (χ4n) is 3.36. The normalized spacial score (nSPS) is 17.7. The van der Waals surface area contributed by atoms with E-state index in [2.05, 4.69) is 0 Å². The molecule has 0 amide bonds. The average molecular weight is 384 g/mol. The van der Waals surface area contributed by atoms with Crippen molar-refractivity contribution in [2.75, 3.05) is 18.0 Å². The van der Waals surface area contributed by atoms with Crippen LogP contribution in [0.3, 0.4) is 0 Å². The van der Waals surface area contributed by atoms with Crippen LogP contribution in [0.25, 0.3) is 0 Å². The highest BCUT2D eigenvalue weighted by molar-refractivity contribution is 5.76. The summed E-state index contributed by atoms with van der Waals surface area (Å²) >= 11 is 0. The Morgan fingerprint density at radius 3 is 2.07 bits per heavy atom. The smallest absolute Gasteiger partial charge is 0.358 e. The number of hydrogen-bond acceptors (Lipinski definition) is 5. The predicted octanol–water partition coefficient (Wildman–Crippen LogP) is 4.16. The van der Waals surface area contributed by atoms with Crippen molar-refractivity contribution in [3.05, 3.63) is 62.5 Å². The van der Waals surface area contributed by atoms with Gasteiger partial charge in [0.1, 0.15) is 0 Å². The van der Waals surface area contributed by atoms with Crippen molar-refractivity contribution >= 4 is 17.1 Å². The van der Waals surface area contributed by atoms with E-state index in [4.69, 9.17) is 0 Å². The van der Waals surface area contributed by atoms with Crippen molar-refractivity contribution in [1.82, 2.24) is 4.57 Å². The Morgan fingerprint density at radius 2 is 1.59 bits per heavy atom. The Hall–Kier alpha value is -3.11. The first-order valence-electron chi connectivity index (χ1n) is 8.10. The molecule has 0 N–H and O–H groups in total. The first kappa shape index (κ1) is 18.7. The zero-order valence-electron chi connectivity index (χ0n) is 13.9. The molecule has 1 atom stereocenters. The van der Waals surface area contributed by atoms with Crippen LogP contribution >= 0.6 is 0 Å². The number of nitrogens with zero attached hydrogens (tertiary/aromatic N) is 4. The second-order valence-electron chi connectivity index (χ2n) is 6.25. The monoisotopic (exact) mass is 384 g/mol. The number of rotatable bonds is 4. The molecule has 0 aliphatic carbocycles. The minimum Gasteiger partial charge on any atom is -0.358 e. The molecule has 0 radical (unpaired) electrons. The van der Waals surface area contributed by atoms with Crippen LogP contribution in [-0.4, -0.2) is 27.5 Å². The highest BCUT2D eigenvalue weighted by atomic mass is 19.4. The fraction of sp³-hybridized carbons (Fsp3) is 0.375. The second-order valence-corrected chi connectivity index (χ2v) is 6.25. The van der Waals surface area contributed by atoms with Gasteiger partial charge in [0.25, 0.3) is 11.4 Å². The lowest BCUT2D eigenvalue weighted by Gasteiger charge is -2.34. The van der Waals surface area contributed by atoms with Crippen molar-refractivity contribution < 1.29 is 23.0 Å². The van der Waals surface area contributed by atoms with E-state index in [1.807, 2.05) is 29.1 Å². The molecule has 1 fully saturated rings. The van der Waals surface area contributed by atoms with Gasteiger partial charge in [-0.05, 0) is 25.0 Å². The Labute approximate surface area is 151 Å². The minimum absolute atomic E-state index is 0.0877. The third-order valence-electron chi connectivity index (χ3n) is 4.55. The van der Waals surface area contributed by atoms with E-state index >= 15 is 0 Å². The molecular formula is C16H15F3N4O4. The van der Waals surface area contributed by atoms with Gasteiger partial charge in [-0.1, -0.05) is 0 Å².